The van der Waals surface area contributed by atoms with Crippen molar-refractivity contribution in [1.29, 1.82) is 0 Å². The summed E-state index contributed by atoms with van der Waals surface area (Å²) in [7, 11) is 0. The van der Waals surface area contributed by atoms with E-state index in [1.54, 1.807) is 0 Å². The fourth-order valence-electron chi connectivity index (χ4n) is 2.77. The predicted octanol–water partition coefficient (Wildman–Crippen LogP) is 5.48. The molecule has 1 N–H and O–H groups in total. The molecule has 3 aromatic rings. The van der Waals surface area contributed by atoms with Crippen LogP contribution in [0.2, 0.25) is 0 Å². The summed E-state index contributed by atoms with van der Waals surface area (Å²) >= 11 is 5.82. The number of aryl methyl sites for hydroxylation is 2. The van der Waals surface area contributed by atoms with Gasteiger partial charge in [-0.1, -0.05) is 12.1 Å². The molecule has 0 aliphatic carbocycles. The van der Waals surface area contributed by atoms with Crippen LogP contribution in [-0.4, -0.2) is 15.7 Å². The molecule has 2 aromatic carbocycles. The van der Waals surface area contributed by atoms with Gasteiger partial charge in [-0.25, -0.2) is 0 Å². The minimum atomic E-state index is -0.106. The Balaban J connectivity index is 1.80. The summed E-state index contributed by atoms with van der Waals surface area (Å²) in [5.74, 6) is -0.106. The third kappa shape index (κ3) is 4.17. The topological polar surface area (TPSA) is 46.9 Å². The smallest absolute Gasteiger partial charge is 0.255 e. The van der Waals surface area contributed by atoms with Gasteiger partial charge < -0.3 is 5.32 Å². The summed E-state index contributed by atoms with van der Waals surface area (Å²) in [5.41, 5.74) is 5.60. The summed E-state index contributed by atoms with van der Waals surface area (Å²) in [4.78, 5) is 12.6. The van der Waals surface area contributed by atoms with Gasteiger partial charge in [-0.2, -0.15) is 5.10 Å². The second-order valence-electron chi connectivity index (χ2n) is 6.26. The van der Waals surface area contributed by atoms with Crippen LogP contribution in [0.4, 0.5) is 5.69 Å². The first kappa shape index (κ1) is 19.1. The first-order valence-corrected chi connectivity index (χ1v) is 10.1. The molecule has 134 valence electrons. The lowest BCUT2D eigenvalue weighted by atomic mass is 10.1. The molecule has 0 atom stereocenters. The highest BCUT2D eigenvalue weighted by molar-refractivity contribution is 14.1. The van der Waals surface area contributed by atoms with Crippen molar-refractivity contribution < 1.29 is 4.79 Å². The van der Waals surface area contributed by atoms with Gasteiger partial charge in [-0.15, -0.1) is 0 Å². The Morgan fingerprint density at radius 3 is 2.62 bits per heavy atom. The van der Waals surface area contributed by atoms with E-state index in [9.17, 15) is 4.79 Å². The molecular formula is C20H19BrIN3O. The number of hydrogen-bond acceptors (Lipinski definition) is 2. The first-order valence-electron chi connectivity index (χ1n) is 8.21. The van der Waals surface area contributed by atoms with E-state index in [1.807, 2.05) is 67.9 Å². The van der Waals surface area contributed by atoms with Crippen molar-refractivity contribution in [2.45, 2.75) is 27.3 Å². The van der Waals surface area contributed by atoms with E-state index in [1.165, 1.54) is 0 Å². The van der Waals surface area contributed by atoms with Crippen LogP contribution in [0.1, 0.15) is 32.9 Å². The van der Waals surface area contributed by atoms with Gasteiger partial charge in [-0.05, 0) is 101 Å². The molecule has 0 aliphatic heterocycles. The third-order valence-electron chi connectivity index (χ3n) is 4.25. The molecular weight excluding hydrogens is 505 g/mol. The maximum absolute atomic E-state index is 12.6. The van der Waals surface area contributed by atoms with Gasteiger partial charge in [0, 0.05) is 14.8 Å². The molecule has 1 heterocycles. The molecule has 0 fully saturated rings. The van der Waals surface area contributed by atoms with Gasteiger partial charge in [-0.3, -0.25) is 9.48 Å². The summed E-state index contributed by atoms with van der Waals surface area (Å²) in [6.45, 7) is 6.62. The van der Waals surface area contributed by atoms with Crippen molar-refractivity contribution in [3.63, 3.8) is 0 Å². The lowest BCUT2D eigenvalue weighted by Crippen LogP contribution is -2.13. The lowest BCUT2D eigenvalue weighted by molar-refractivity contribution is 0.102. The fraction of sp³-hybridized carbons (Fsp3) is 0.200. The number of halogens is 2. The van der Waals surface area contributed by atoms with Crippen LogP contribution in [-0.2, 0) is 6.54 Å². The third-order valence-corrected chi connectivity index (χ3v) is 6.07. The van der Waals surface area contributed by atoms with Crippen molar-refractivity contribution in [3.8, 4) is 0 Å². The van der Waals surface area contributed by atoms with E-state index < -0.39 is 0 Å². The minimum absolute atomic E-state index is 0.106. The number of nitrogens with one attached hydrogen (secondary N) is 1. The van der Waals surface area contributed by atoms with Crippen LogP contribution in [0.15, 0.2) is 46.9 Å². The Hall–Kier alpha value is -1.67. The van der Waals surface area contributed by atoms with E-state index >= 15 is 0 Å². The summed E-state index contributed by atoms with van der Waals surface area (Å²) in [6.07, 6.45) is 0. The summed E-state index contributed by atoms with van der Waals surface area (Å²) < 4.78 is 4.12. The Morgan fingerprint density at radius 2 is 1.96 bits per heavy atom. The molecule has 0 bridgehead atoms. The van der Waals surface area contributed by atoms with Crippen LogP contribution in [0, 0.1) is 24.3 Å². The van der Waals surface area contributed by atoms with E-state index in [0.29, 0.717) is 12.1 Å². The van der Waals surface area contributed by atoms with Crippen LogP contribution >= 0.6 is 38.5 Å². The number of anilines is 1. The highest BCUT2D eigenvalue weighted by Crippen LogP contribution is 2.21. The maximum Gasteiger partial charge on any atom is 0.255 e. The fourth-order valence-corrected chi connectivity index (χ4v) is 3.71. The molecule has 1 amide bonds. The number of amides is 1. The molecule has 26 heavy (non-hydrogen) atoms. The maximum atomic E-state index is 12.6. The monoisotopic (exact) mass is 523 g/mol. The Bertz CT molecular complexity index is 981. The Kier molecular flexibility index (Phi) is 5.82. The quantitative estimate of drug-likeness (QED) is 0.460. The van der Waals surface area contributed by atoms with Gasteiger partial charge in [0.1, 0.15) is 0 Å². The average Bonchev–Trinajstić information content (AvgIpc) is 2.84. The largest absolute Gasteiger partial charge is 0.322 e. The lowest BCUT2D eigenvalue weighted by Gasteiger charge is -2.10. The molecule has 3 rings (SSSR count). The normalized spacial score (nSPS) is 10.8. The van der Waals surface area contributed by atoms with Crippen LogP contribution in [0.3, 0.4) is 0 Å². The highest BCUT2D eigenvalue weighted by Gasteiger charge is 2.11. The van der Waals surface area contributed by atoms with E-state index in [0.717, 1.165) is 36.2 Å². The molecule has 1 aromatic heterocycles. The van der Waals surface area contributed by atoms with Crippen LogP contribution in [0.25, 0.3) is 0 Å². The number of hydrogen-bond donors (Lipinski definition) is 1. The van der Waals surface area contributed by atoms with Gasteiger partial charge >= 0.3 is 0 Å². The van der Waals surface area contributed by atoms with Crippen molar-refractivity contribution in [1.82, 2.24) is 9.78 Å². The van der Waals surface area contributed by atoms with Gasteiger partial charge in [0.25, 0.3) is 5.91 Å². The van der Waals surface area contributed by atoms with Crippen molar-refractivity contribution >= 4 is 50.1 Å². The van der Waals surface area contributed by atoms with Crippen molar-refractivity contribution in [2.24, 2.45) is 0 Å². The second-order valence-corrected chi connectivity index (χ2v) is 8.29. The SMILES string of the molecule is Cc1cc(I)ccc1NC(=O)c1cccc(Cn2nc(C)c(Br)c2C)c1. The van der Waals surface area contributed by atoms with Gasteiger partial charge in [0.15, 0.2) is 0 Å². The second kappa shape index (κ2) is 7.92. The number of aromatic nitrogens is 2. The molecule has 0 spiro atoms. The Morgan fingerprint density at radius 1 is 1.19 bits per heavy atom. The number of carbonyl (C=O) groups excluding carboxylic acids is 1. The zero-order chi connectivity index (χ0) is 18.8. The van der Waals surface area contributed by atoms with Crippen LogP contribution < -0.4 is 5.32 Å². The molecule has 0 unspecified atom stereocenters. The molecule has 0 radical (unpaired) electrons. The van der Waals surface area contributed by atoms with E-state index in [2.05, 4.69) is 48.9 Å². The highest BCUT2D eigenvalue weighted by atomic mass is 127. The number of nitrogens with zero attached hydrogens (tertiary/aromatic N) is 2. The zero-order valence-corrected chi connectivity index (χ0v) is 18.6. The van der Waals surface area contributed by atoms with Gasteiger partial charge in [0.2, 0.25) is 0 Å². The van der Waals surface area contributed by atoms with Gasteiger partial charge in [0.05, 0.1) is 22.4 Å². The molecule has 0 aliphatic rings. The minimum Gasteiger partial charge on any atom is -0.322 e. The van der Waals surface area contributed by atoms with Crippen molar-refractivity contribution in [2.75, 3.05) is 5.32 Å². The molecule has 6 heteroatoms. The zero-order valence-electron chi connectivity index (χ0n) is 14.8. The van der Waals surface area contributed by atoms with Crippen molar-refractivity contribution in [3.05, 3.63) is 78.6 Å². The number of carbonyl (C=O) groups is 1. The summed E-state index contributed by atoms with van der Waals surface area (Å²) in [5, 5.41) is 7.53. The molecule has 0 saturated carbocycles. The number of benzene rings is 2. The summed E-state index contributed by atoms with van der Waals surface area (Å²) in [6, 6.07) is 13.6. The Labute approximate surface area is 175 Å². The van der Waals surface area contributed by atoms with E-state index in [-0.39, 0.29) is 5.91 Å². The predicted molar refractivity (Wildman–Crippen MR) is 117 cm³/mol. The van der Waals surface area contributed by atoms with Crippen LogP contribution in [0.5, 0.6) is 0 Å². The molecule has 0 saturated heterocycles. The molecule has 4 nitrogen and oxygen atoms in total. The number of rotatable bonds is 4. The first-order chi connectivity index (χ1) is 12.3. The van der Waals surface area contributed by atoms with E-state index in [4.69, 9.17) is 0 Å². The standard InChI is InChI=1S/C20H19BrIN3O/c1-12-9-17(22)7-8-18(12)23-20(26)16-6-4-5-15(10-16)11-25-14(3)19(21)13(2)24-25/h4-10H,11H2,1-3H3,(H,23,26). The average molecular weight is 524 g/mol.